The highest BCUT2D eigenvalue weighted by atomic mass is 16.5. The molecule has 29 heavy (non-hydrogen) atoms. The van der Waals surface area contributed by atoms with Gasteiger partial charge in [-0.25, -0.2) is 0 Å². The van der Waals surface area contributed by atoms with Crippen molar-refractivity contribution in [3.8, 4) is 11.8 Å². The van der Waals surface area contributed by atoms with E-state index >= 15 is 0 Å². The number of allylic oxidation sites excluding steroid dienone is 3. The molecular weight excluding hydrogens is 364 g/mol. The Morgan fingerprint density at radius 3 is 2.48 bits per heavy atom. The van der Waals surface area contributed by atoms with Crippen LogP contribution in [0.3, 0.4) is 0 Å². The van der Waals surface area contributed by atoms with E-state index < -0.39 is 5.92 Å². The van der Waals surface area contributed by atoms with Gasteiger partial charge in [-0.2, -0.15) is 5.26 Å². The van der Waals surface area contributed by atoms with E-state index in [0.717, 1.165) is 16.9 Å². The first-order chi connectivity index (χ1) is 14.1. The van der Waals surface area contributed by atoms with Gasteiger partial charge >= 0.3 is 0 Å². The van der Waals surface area contributed by atoms with E-state index in [0.29, 0.717) is 30.8 Å². The molecule has 0 saturated carbocycles. The maximum atomic E-state index is 13.2. The van der Waals surface area contributed by atoms with Crippen LogP contribution in [-0.2, 0) is 9.53 Å². The van der Waals surface area contributed by atoms with E-state index in [9.17, 15) is 10.1 Å². The molecule has 0 radical (unpaired) electrons. The van der Waals surface area contributed by atoms with E-state index in [1.165, 1.54) is 0 Å². The number of carbonyl (C=O) groups excluding carboxylic acids is 1. The molecule has 5 nitrogen and oxygen atoms in total. The van der Waals surface area contributed by atoms with Gasteiger partial charge in [0.2, 0.25) is 5.88 Å². The first-order valence-corrected chi connectivity index (χ1v) is 9.73. The summed E-state index contributed by atoms with van der Waals surface area (Å²) in [6.45, 7) is 2.49. The van der Waals surface area contributed by atoms with Gasteiger partial charge in [-0.15, -0.1) is 0 Å². The molecule has 2 aromatic carbocycles. The molecule has 5 heteroatoms. The SMILES string of the molecule is CCOc1ccc([C@H]2C(C#N)=C(N)OC3=C2C(=O)C[C@@H](c2ccccc2)C3)cc1. The van der Waals surface area contributed by atoms with Gasteiger partial charge in [-0.05, 0) is 36.1 Å². The van der Waals surface area contributed by atoms with Crippen molar-refractivity contribution in [1.82, 2.24) is 0 Å². The van der Waals surface area contributed by atoms with Crippen LogP contribution >= 0.6 is 0 Å². The summed E-state index contributed by atoms with van der Waals surface area (Å²) >= 11 is 0. The van der Waals surface area contributed by atoms with E-state index in [4.69, 9.17) is 15.2 Å². The van der Waals surface area contributed by atoms with Crippen LogP contribution in [0.25, 0.3) is 0 Å². The van der Waals surface area contributed by atoms with Crippen LogP contribution in [0.4, 0.5) is 0 Å². The van der Waals surface area contributed by atoms with E-state index in [1.807, 2.05) is 61.5 Å². The first-order valence-electron chi connectivity index (χ1n) is 9.73. The van der Waals surface area contributed by atoms with Crippen molar-refractivity contribution in [3.63, 3.8) is 0 Å². The molecule has 1 aliphatic heterocycles. The zero-order chi connectivity index (χ0) is 20.4. The average Bonchev–Trinajstić information content (AvgIpc) is 2.74. The lowest BCUT2D eigenvalue weighted by Gasteiger charge is -2.34. The zero-order valence-electron chi connectivity index (χ0n) is 16.2. The summed E-state index contributed by atoms with van der Waals surface area (Å²) in [5.74, 6) is 0.923. The summed E-state index contributed by atoms with van der Waals surface area (Å²) in [6.07, 6.45) is 0.969. The topological polar surface area (TPSA) is 85.3 Å². The average molecular weight is 386 g/mol. The van der Waals surface area contributed by atoms with Gasteiger partial charge in [-0.1, -0.05) is 42.5 Å². The van der Waals surface area contributed by atoms with Crippen LogP contribution in [0.5, 0.6) is 5.75 Å². The van der Waals surface area contributed by atoms with Crippen molar-refractivity contribution in [3.05, 3.63) is 88.5 Å². The molecule has 2 aromatic rings. The lowest BCUT2D eigenvalue weighted by Crippen LogP contribution is -2.29. The van der Waals surface area contributed by atoms with Crippen LogP contribution in [-0.4, -0.2) is 12.4 Å². The number of hydrogen-bond donors (Lipinski definition) is 1. The van der Waals surface area contributed by atoms with Gasteiger partial charge in [-0.3, -0.25) is 4.79 Å². The molecule has 2 atom stereocenters. The van der Waals surface area contributed by atoms with Crippen LogP contribution in [0.15, 0.2) is 77.4 Å². The van der Waals surface area contributed by atoms with Crippen LogP contribution < -0.4 is 10.5 Å². The highest BCUT2D eigenvalue weighted by Crippen LogP contribution is 2.46. The Morgan fingerprint density at radius 2 is 1.83 bits per heavy atom. The van der Waals surface area contributed by atoms with Crippen molar-refractivity contribution in [2.75, 3.05) is 6.61 Å². The summed E-state index contributed by atoms with van der Waals surface area (Å²) in [4.78, 5) is 13.2. The Kier molecular flexibility index (Phi) is 5.09. The van der Waals surface area contributed by atoms with Crippen molar-refractivity contribution in [1.29, 1.82) is 5.26 Å². The highest BCUT2D eigenvalue weighted by molar-refractivity contribution is 6.00. The summed E-state index contributed by atoms with van der Waals surface area (Å²) in [5.41, 5.74) is 8.85. The van der Waals surface area contributed by atoms with Crippen molar-refractivity contribution >= 4 is 5.78 Å². The van der Waals surface area contributed by atoms with Gasteiger partial charge in [0.25, 0.3) is 0 Å². The van der Waals surface area contributed by atoms with E-state index in [-0.39, 0.29) is 23.2 Å². The number of ether oxygens (including phenoxy) is 2. The minimum Gasteiger partial charge on any atom is -0.494 e. The Morgan fingerprint density at radius 1 is 1.10 bits per heavy atom. The quantitative estimate of drug-likeness (QED) is 0.847. The Labute approximate surface area is 170 Å². The van der Waals surface area contributed by atoms with Crippen molar-refractivity contribution < 1.29 is 14.3 Å². The maximum absolute atomic E-state index is 13.2. The second kappa shape index (κ2) is 7.84. The van der Waals surface area contributed by atoms with Crippen LogP contribution in [0, 0.1) is 11.3 Å². The van der Waals surface area contributed by atoms with Gasteiger partial charge in [0.15, 0.2) is 5.78 Å². The molecule has 2 N–H and O–H groups in total. The fourth-order valence-electron chi connectivity index (χ4n) is 4.13. The minimum absolute atomic E-state index is 0.000706. The lowest BCUT2D eigenvalue weighted by molar-refractivity contribution is -0.117. The maximum Gasteiger partial charge on any atom is 0.205 e. The normalized spacial score (nSPS) is 21.3. The molecule has 0 spiro atoms. The predicted octanol–water partition coefficient (Wildman–Crippen LogP) is 4.29. The molecule has 2 aliphatic rings. The minimum atomic E-state index is -0.511. The molecule has 1 aliphatic carbocycles. The molecule has 0 unspecified atom stereocenters. The van der Waals surface area contributed by atoms with E-state index in [1.54, 1.807) is 0 Å². The van der Waals surface area contributed by atoms with Gasteiger partial charge in [0.05, 0.1) is 12.5 Å². The number of benzene rings is 2. The third kappa shape index (κ3) is 3.50. The fraction of sp³-hybridized carbons (Fsp3) is 0.250. The largest absolute Gasteiger partial charge is 0.494 e. The van der Waals surface area contributed by atoms with Crippen molar-refractivity contribution in [2.45, 2.75) is 31.6 Å². The standard InChI is InChI=1S/C24H22N2O3/c1-2-28-18-10-8-16(9-11-18)22-19(14-25)24(26)29-21-13-17(12-20(27)23(21)22)15-6-4-3-5-7-15/h3-11,17,22H,2,12-13,26H2,1H3/t17-,22+/m1/s1. The Balaban J connectivity index is 1.74. The second-order valence-corrected chi connectivity index (χ2v) is 7.20. The fourth-order valence-corrected chi connectivity index (χ4v) is 4.13. The summed E-state index contributed by atoms with van der Waals surface area (Å²) in [6, 6.07) is 19.5. The molecular formula is C24H22N2O3. The number of Topliss-reactive ketones (excluding diaryl/α,β-unsaturated/α-hetero) is 1. The summed E-state index contributed by atoms with van der Waals surface area (Å²) in [5, 5.41) is 9.71. The number of rotatable bonds is 4. The molecule has 1 heterocycles. The third-order valence-electron chi connectivity index (χ3n) is 5.46. The van der Waals surface area contributed by atoms with Gasteiger partial charge in [0, 0.05) is 18.4 Å². The van der Waals surface area contributed by atoms with E-state index in [2.05, 4.69) is 6.07 Å². The molecule has 146 valence electrons. The Bertz CT molecular complexity index is 1030. The highest BCUT2D eigenvalue weighted by Gasteiger charge is 2.40. The number of hydrogen-bond acceptors (Lipinski definition) is 5. The summed E-state index contributed by atoms with van der Waals surface area (Å²) < 4.78 is 11.3. The van der Waals surface area contributed by atoms with Gasteiger partial charge < -0.3 is 15.2 Å². The predicted molar refractivity (Wildman–Crippen MR) is 109 cm³/mol. The summed E-state index contributed by atoms with van der Waals surface area (Å²) in [7, 11) is 0. The number of nitrogens with two attached hydrogens (primary N) is 1. The van der Waals surface area contributed by atoms with Gasteiger partial charge in [0.1, 0.15) is 23.2 Å². The molecule has 0 aromatic heterocycles. The Hall–Kier alpha value is -3.52. The van der Waals surface area contributed by atoms with Crippen LogP contribution in [0.1, 0.15) is 42.7 Å². The monoisotopic (exact) mass is 386 g/mol. The second-order valence-electron chi connectivity index (χ2n) is 7.20. The number of carbonyl (C=O) groups is 1. The van der Waals surface area contributed by atoms with Crippen molar-refractivity contribution in [2.24, 2.45) is 5.73 Å². The number of nitrogens with zero attached hydrogens (tertiary/aromatic N) is 1. The number of ketones is 1. The van der Waals surface area contributed by atoms with Crippen LogP contribution in [0.2, 0.25) is 0 Å². The number of nitriles is 1. The molecule has 0 fully saturated rings. The lowest BCUT2D eigenvalue weighted by atomic mass is 9.73. The third-order valence-corrected chi connectivity index (χ3v) is 5.46. The smallest absolute Gasteiger partial charge is 0.205 e. The zero-order valence-corrected chi connectivity index (χ0v) is 16.2. The molecule has 4 rings (SSSR count). The molecule has 0 amide bonds. The molecule has 0 saturated heterocycles. The first kappa shape index (κ1) is 18.8. The molecule has 0 bridgehead atoms.